The first-order valence-electron chi connectivity index (χ1n) is 15.9. The number of amides is 3. The molecule has 49 heavy (non-hydrogen) atoms. The standard InChI is InChI=1S/C38H37N5O6/c1-5-48-37(45)35-23(2)40-38(46)41-36(35)26-17-18-32(33(19-26)47-4)49-22-34(44)42-39-20-30-24(3)43(31-16-9-8-15-29(30)31)21-27-13-10-12-25-11-6-7-14-28(25)27/h6-20,36H,5,21-22H2,1-4H3,(H,42,44)(H2,40,41,46)/b39-20+/t36-/m1/s1. The van der Waals surface area contributed by atoms with Crippen molar-refractivity contribution < 1.29 is 28.6 Å². The lowest BCUT2D eigenvalue weighted by atomic mass is 9.95. The van der Waals surface area contributed by atoms with Gasteiger partial charge in [0.05, 0.1) is 31.5 Å². The molecule has 11 nitrogen and oxygen atoms in total. The van der Waals surface area contributed by atoms with Crippen LogP contribution >= 0.6 is 0 Å². The van der Waals surface area contributed by atoms with E-state index >= 15 is 0 Å². The Morgan fingerprint density at radius 2 is 1.71 bits per heavy atom. The van der Waals surface area contributed by atoms with Gasteiger partial charge in [0.25, 0.3) is 5.91 Å². The van der Waals surface area contributed by atoms with Crippen LogP contribution in [-0.2, 0) is 20.9 Å². The van der Waals surface area contributed by atoms with Crippen LogP contribution < -0.4 is 25.5 Å². The zero-order valence-corrected chi connectivity index (χ0v) is 27.7. The maximum Gasteiger partial charge on any atom is 0.338 e. The Kier molecular flexibility index (Phi) is 9.61. The molecule has 1 atom stereocenters. The van der Waals surface area contributed by atoms with Gasteiger partial charge in [0.15, 0.2) is 18.1 Å². The van der Waals surface area contributed by atoms with Crippen LogP contribution in [-0.4, -0.2) is 49.0 Å². The summed E-state index contributed by atoms with van der Waals surface area (Å²) in [5, 5.41) is 13.1. The van der Waals surface area contributed by atoms with Crippen LogP contribution in [0.4, 0.5) is 4.79 Å². The van der Waals surface area contributed by atoms with Gasteiger partial charge in [-0.2, -0.15) is 5.10 Å². The molecule has 1 aliphatic rings. The number of hydrogen-bond acceptors (Lipinski definition) is 7. The third-order valence-corrected chi connectivity index (χ3v) is 8.52. The molecule has 0 bridgehead atoms. The first-order valence-corrected chi connectivity index (χ1v) is 15.9. The Bertz CT molecular complexity index is 2130. The molecule has 0 fully saturated rings. The fourth-order valence-corrected chi connectivity index (χ4v) is 6.18. The maximum absolute atomic E-state index is 12.8. The number of rotatable bonds is 11. The molecular weight excluding hydrogens is 622 g/mol. The van der Waals surface area contributed by atoms with Crippen molar-refractivity contribution in [2.24, 2.45) is 5.10 Å². The molecule has 0 unspecified atom stereocenters. The van der Waals surface area contributed by atoms with Gasteiger partial charge in [-0.15, -0.1) is 0 Å². The number of hydrazone groups is 1. The van der Waals surface area contributed by atoms with Gasteiger partial charge in [-0.25, -0.2) is 15.0 Å². The van der Waals surface area contributed by atoms with Crippen LogP contribution in [0.1, 0.15) is 42.3 Å². The number of urea groups is 1. The molecule has 11 heteroatoms. The quantitative estimate of drug-likeness (QED) is 0.0922. The number of methoxy groups -OCH3 is 1. The second-order valence-corrected chi connectivity index (χ2v) is 11.5. The van der Waals surface area contributed by atoms with Gasteiger partial charge in [-0.1, -0.05) is 66.7 Å². The van der Waals surface area contributed by atoms with E-state index in [4.69, 9.17) is 14.2 Å². The van der Waals surface area contributed by atoms with Crippen molar-refractivity contribution in [2.45, 2.75) is 33.4 Å². The normalized spacial score (nSPS) is 14.5. The van der Waals surface area contributed by atoms with Crippen molar-refractivity contribution in [1.82, 2.24) is 20.6 Å². The van der Waals surface area contributed by atoms with Crippen molar-refractivity contribution in [3.63, 3.8) is 0 Å². The van der Waals surface area contributed by atoms with Crippen LogP contribution in [0.25, 0.3) is 21.7 Å². The third-order valence-electron chi connectivity index (χ3n) is 8.52. The first-order chi connectivity index (χ1) is 23.8. The minimum Gasteiger partial charge on any atom is -0.493 e. The van der Waals surface area contributed by atoms with Crippen LogP contribution in [0.15, 0.2) is 101 Å². The van der Waals surface area contributed by atoms with Gasteiger partial charge in [-0.3, -0.25) is 4.79 Å². The summed E-state index contributed by atoms with van der Waals surface area (Å²) in [4.78, 5) is 37.7. The highest BCUT2D eigenvalue weighted by Crippen LogP contribution is 2.35. The SMILES string of the molecule is CCOC(=O)C1=C(C)NC(=O)N[C@@H]1c1ccc(OCC(=O)N/N=C/c2c(C)n(Cc3cccc4ccccc34)c3ccccc23)c(OC)c1. The van der Waals surface area contributed by atoms with Gasteiger partial charge in [0, 0.05) is 34.4 Å². The molecule has 0 aliphatic carbocycles. The molecule has 0 radical (unpaired) electrons. The van der Waals surface area contributed by atoms with Gasteiger partial charge in [0.1, 0.15) is 0 Å². The van der Waals surface area contributed by atoms with E-state index in [1.165, 1.54) is 23.4 Å². The number of fused-ring (bicyclic) bond motifs is 2. The van der Waals surface area contributed by atoms with Crippen molar-refractivity contribution in [3.05, 3.63) is 119 Å². The monoisotopic (exact) mass is 659 g/mol. The Morgan fingerprint density at radius 1 is 0.959 bits per heavy atom. The Balaban J connectivity index is 1.15. The van der Waals surface area contributed by atoms with Crippen molar-refractivity contribution >= 4 is 45.8 Å². The number of para-hydroxylation sites is 1. The average molecular weight is 660 g/mol. The zero-order valence-electron chi connectivity index (χ0n) is 27.7. The highest BCUT2D eigenvalue weighted by atomic mass is 16.5. The Morgan fingerprint density at radius 3 is 2.51 bits per heavy atom. The zero-order chi connectivity index (χ0) is 34.5. The van der Waals surface area contributed by atoms with E-state index < -0.39 is 23.9 Å². The summed E-state index contributed by atoms with van der Waals surface area (Å²) in [7, 11) is 1.46. The predicted molar refractivity (Wildman–Crippen MR) is 188 cm³/mol. The number of nitrogens with zero attached hydrogens (tertiary/aromatic N) is 2. The van der Waals surface area contributed by atoms with E-state index in [-0.39, 0.29) is 18.8 Å². The van der Waals surface area contributed by atoms with E-state index in [9.17, 15) is 14.4 Å². The van der Waals surface area contributed by atoms with E-state index in [0.717, 1.165) is 22.2 Å². The van der Waals surface area contributed by atoms with E-state index in [0.29, 0.717) is 29.3 Å². The number of ether oxygens (including phenoxy) is 3. The van der Waals surface area contributed by atoms with E-state index in [1.807, 2.05) is 24.3 Å². The van der Waals surface area contributed by atoms with E-state index in [1.54, 1.807) is 38.3 Å². The second-order valence-electron chi connectivity index (χ2n) is 11.5. The summed E-state index contributed by atoms with van der Waals surface area (Å²) in [6.07, 6.45) is 1.66. The molecule has 5 aromatic rings. The number of nitrogens with one attached hydrogen (secondary N) is 3. The molecule has 1 aliphatic heterocycles. The average Bonchev–Trinajstić information content (AvgIpc) is 3.36. The predicted octanol–water partition coefficient (Wildman–Crippen LogP) is 5.88. The lowest BCUT2D eigenvalue weighted by molar-refractivity contribution is -0.139. The van der Waals surface area contributed by atoms with Gasteiger partial charge in [-0.05, 0) is 60.9 Å². The maximum atomic E-state index is 12.8. The molecule has 0 saturated carbocycles. The summed E-state index contributed by atoms with van der Waals surface area (Å²) in [6.45, 7) is 5.95. The number of hydrogen-bond donors (Lipinski definition) is 3. The van der Waals surface area contributed by atoms with Crippen molar-refractivity contribution in [1.29, 1.82) is 0 Å². The fourth-order valence-electron chi connectivity index (χ4n) is 6.18. The molecule has 2 heterocycles. The fraction of sp³-hybridized carbons (Fsp3) is 0.211. The number of carbonyl (C=O) groups excluding carboxylic acids is 3. The molecule has 3 N–H and O–H groups in total. The van der Waals surface area contributed by atoms with Gasteiger partial charge < -0.3 is 29.4 Å². The van der Waals surface area contributed by atoms with Crippen LogP contribution in [0.3, 0.4) is 0 Å². The van der Waals surface area contributed by atoms with Gasteiger partial charge >= 0.3 is 12.0 Å². The van der Waals surface area contributed by atoms with E-state index in [2.05, 4.69) is 75.1 Å². The van der Waals surface area contributed by atoms with Crippen LogP contribution in [0, 0.1) is 6.92 Å². The lowest BCUT2D eigenvalue weighted by Gasteiger charge is -2.28. The molecule has 250 valence electrons. The first kappa shape index (κ1) is 32.8. The summed E-state index contributed by atoms with van der Waals surface area (Å²) < 4.78 is 18.8. The number of benzene rings is 4. The smallest absolute Gasteiger partial charge is 0.338 e. The molecule has 6 rings (SSSR count). The number of aromatic nitrogens is 1. The van der Waals surface area contributed by atoms with Crippen LogP contribution in [0.5, 0.6) is 11.5 Å². The lowest BCUT2D eigenvalue weighted by Crippen LogP contribution is -2.45. The van der Waals surface area contributed by atoms with Crippen molar-refractivity contribution in [2.75, 3.05) is 20.3 Å². The molecule has 0 spiro atoms. The number of carbonyl (C=O) groups is 3. The Hall–Kier alpha value is -6.10. The summed E-state index contributed by atoms with van der Waals surface area (Å²) in [5.41, 5.74) is 8.03. The van der Waals surface area contributed by atoms with Crippen molar-refractivity contribution in [3.8, 4) is 11.5 Å². The van der Waals surface area contributed by atoms with Crippen LogP contribution in [0.2, 0.25) is 0 Å². The number of allylic oxidation sites excluding steroid dienone is 1. The molecule has 3 amide bonds. The molecule has 4 aromatic carbocycles. The molecular formula is C38H37N5O6. The Labute approximate surface area is 283 Å². The summed E-state index contributed by atoms with van der Waals surface area (Å²) >= 11 is 0. The second kappa shape index (κ2) is 14.3. The molecule has 1 aromatic heterocycles. The largest absolute Gasteiger partial charge is 0.493 e. The minimum atomic E-state index is -0.769. The topological polar surface area (TPSA) is 132 Å². The third kappa shape index (κ3) is 6.82. The number of esters is 1. The highest BCUT2D eigenvalue weighted by molar-refractivity contribution is 6.01. The van der Waals surface area contributed by atoms with Gasteiger partial charge in [0.2, 0.25) is 0 Å². The molecule has 0 saturated heterocycles. The minimum absolute atomic E-state index is 0.188. The summed E-state index contributed by atoms with van der Waals surface area (Å²) in [5.74, 6) is -0.389. The highest BCUT2D eigenvalue weighted by Gasteiger charge is 2.32. The summed E-state index contributed by atoms with van der Waals surface area (Å²) in [6, 6.07) is 26.6.